The van der Waals surface area contributed by atoms with Crippen molar-refractivity contribution in [3.63, 3.8) is 0 Å². The topological polar surface area (TPSA) is 41.6 Å². The Morgan fingerprint density at radius 1 is 1.27 bits per heavy atom. The molecular formula is C18H18ClF3N2O2. The molecule has 26 heavy (non-hydrogen) atoms. The Labute approximate surface area is 154 Å². The summed E-state index contributed by atoms with van der Waals surface area (Å²) >= 11 is 6.04. The molecule has 0 radical (unpaired) electrons. The van der Waals surface area contributed by atoms with Crippen molar-refractivity contribution < 1.29 is 22.7 Å². The van der Waals surface area contributed by atoms with Crippen molar-refractivity contribution in [2.45, 2.75) is 19.0 Å². The zero-order valence-electron chi connectivity index (χ0n) is 14.2. The number of methoxy groups -OCH3 is 1. The molecule has 0 saturated heterocycles. The van der Waals surface area contributed by atoms with Crippen LogP contribution < -0.4 is 10.1 Å². The molecule has 0 aliphatic rings. The normalized spacial score (nSPS) is 12.0. The maximum Gasteiger partial charge on any atom is 0.318 e. The van der Waals surface area contributed by atoms with Crippen LogP contribution in [0.1, 0.15) is 17.2 Å². The van der Waals surface area contributed by atoms with Crippen molar-refractivity contribution in [3.8, 4) is 5.75 Å². The fourth-order valence-corrected chi connectivity index (χ4v) is 2.56. The zero-order valence-corrected chi connectivity index (χ0v) is 14.9. The number of ether oxygens (including phenoxy) is 1. The van der Waals surface area contributed by atoms with E-state index in [1.807, 2.05) is 0 Å². The molecule has 0 aromatic heterocycles. The van der Waals surface area contributed by atoms with Crippen LogP contribution in [0, 0.1) is 5.82 Å². The van der Waals surface area contributed by atoms with Gasteiger partial charge in [0, 0.05) is 18.6 Å². The number of halogens is 4. The molecule has 0 spiro atoms. The molecule has 8 heteroatoms. The lowest BCUT2D eigenvalue weighted by molar-refractivity contribution is 0.0971. The second kappa shape index (κ2) is 8.80. The first-order chi connectivity index (χ1) is 12.3. The molecule has 0 bridgehead atoms. The largest absolute Gasteiger partial charge is 0.494 e. The summed E-state index contributed by atoms with van der Waals surface area (Å²) < 4.78 is 45.4. The van der Waals surface area contributed by atoms with Gasteiger partial charge in [-0.1, -0.05) is 35.9 Å². The van der Waals surface area contributed by atoms with E-state index in [1.165, 1.54) is 31.2 Å². The van der Waals surface area contributed by atoms with E-state index in [4.69, 9.17) is 16.3 Å². The molecule has 2 aromatic rings. The van der Waals surface area contributed by atoms with E-state index >= 15 is 0 Å². The number of nitrogens with one attached hydrogen (secondary N) is 1. The number of amides is 2. The molecular weight excluding hydrogens is 369 g/mol. The minimum absolute atomic E-state index is 0.0576. The molecule has 0 aliphatic heterocycles. The number of hydrogen-bond acceptors (Lipinski definition) is 2. The Bertz CT molecular complexity index is 774. The van der Waals surface area contributed by atoms with Crippen LogP contribution in [0.3, 0.4) is 0 Å². The molecule has 0 fully saturated rings. The Kier molecular flexibility index (Phi) is 6.74. The van der Waals surface area contributed by atoms with Gasteiger partial charge < -0.3 is 15.0 Å². The molecule has 1 N–H and O–H groups in total. The minimum Gasteiger partial charge on any atom is -0.494 e. The van der Waals surface area contributed by atoms with E-state index in [0.29, 0.717) is 10.6 Å². The van der Waals surface area contributed by atoms with E-state index in [9.17, 15) is 18.0 Å². The molecule has 2 amide bonds. The van der Waals surface area contributed by atoms with Crippen molar-refractivity contribution in [2.75, 3.05) is 14.2 Å². The average molecular weight is 387 g/mol. The molecule has 2 rings (SSSR count). The average Bonchev–Trinajstić information content (AvgIpc) is 2.61. The monoisotopic (exact) mass is 386 g/mol. The van der Waals surface area contributed by atoms with Crippen LogP contribution in [0.4, 0.5) is 18.0 Å². The summed E-state index contributed by atoms with van der Waals surface area (Å²) in [6.07, 6.45) is -2.92. The van der Waals surface area contributed by atoms with Gasteiger partial charge in [0.05, 0.1) is 7.11 Å². The molecule has 0 aliphatic carbocycles. The van der Waals surface area contributed by atoms with Gasteiger partial charge in [0.15, 0.2) is 11.6 Å². The zero-order chi connectivity index (χ0) is 19.3. The number of carbonyl (C=O) groups excluding carboxylic acids is 1. The van der Waals surface area contributed by atoms with Crippen molar-refractivity contribution in [2.24, 2.45) is 0 Å². The maximum absolute atomic E-state index is 13.8. The van der Waals surface area contributed by atoms with Gasteiger partial charge in [-0.15, -0.1) is 0 Å². The quantitative estimate of drug-likeness (QED) is 0.786. The Morgan fingerprint density at radius 2 is 1.96 bits per heavy atom. The predicted octanol–water partition coefficient (Wildman–Crippen LogP) is 4.64. The van der Waals surface area contributed by atoms with E-state index in [2.05, 4.69) is 5.32 Å². The first kappa shape index (κ1) is 19.9. The number of urea groups is 1. The lowest BCUT2D eigenvalue weighted by Gasteiger charge is -2.24. The summed E-state index contributed by atoms with van der Waals surface area (Å²) in [4.78, 5) is 13.5. The van der Waals surface area contributed by atoms with Gasteiger partial charge in [0.25, 0.3) is 6.43 Å². The Morgan fingerprint density at radius 3 is 2.54 bits per heavy atom. The van der Waals surface area contributed by atoms with E-state index < -0.39 is 24.3 Å². The van der Waals surface area contributed by atoms with E-state index in [0.717, 1.165) is 6.07 Å². The van der Waals surface area contributed by atoms with Gasteiger partial charge in [0.1, 0.15) is 6.04 Å². The van der Waals surface area contributed by atoms with Gasteiger partial charge in [-0.3, -0.25) is 0 Å². The van der Waals surface area contributed by atoms with Gasteiger partial charge in [-0.2, -0.15) is 0 Å². The molecule has 1 atom stereocenters. The molecule has 0 saturated carbocycles. The van der Waals surface area contributed by atoms with Crippen molar-refractivity contribution in [3.05, 3.63) is 64.4 Å². The highest BCUT2D eigenvalue weighted by Gasteiger charge is 2.27. The second-order valence-corrected chi connectivity index (χ2v) is 6.01. The molecule has 0 unspecified atom stereocenters. The summed E-state index contributed by atoms with van der Waals surface area (Å²) in [5.41, 5.74) is 0.619. The second-order valence-electron chi connectivity index (χ2n) is 5.60. The lowest BCUT2D eigenvalue weighted by Crippen LogP contribution is -2.41. The number of benzene rings is 2. The highest BCUT2D eigenvalue weighted by atomic mass is 35.5. The maximum atomic E-state index is 13.8. The highest BCUT2D eigenvalue weighted by molar-refractivity contribution is 6.31. The standard InChI is InChI=1S/C18H18ClF3N2O2/c1-24(10-12-5-3-4-6-13(12)19)18(25)23-16(17(21)22)11-7-8-15(26-2)14(20)9-11/h3-9,16-17H,10H2,1-2H3,(H,23,25)/t16-/m1/s1. The summed E-state index contributed by atoms with van der Waals surface area (Å²) in [5, 5.41) is 2.69. The number of alkyl halides is 2. The Balaban J connectivity index is 2.12. The van der Waals surface area contributed by atoms with E-state index in [1.54, 1.807) is 24.3 Å². The smallest absolute Gasteiger partial charge is 0.318 e. The number of nitrogens with zero attached hydrogens (tertiary/aromatic N) is 1. The fourth-order valence-electron chi connectivity index (χ4n) is 2.37. The number of rotatable bonds is 6. The fraction of sp³-hybridized carbons (Fsp3) is 0.278. The van der Waals surface area contributed by atoms with Crippen LogP contribution in [0.15, 0.2) is 42.5 Å². The highest BCUT2D eigenvalue weighted by Crippen LogP contribution is 2.26. The Hall–Kier alpha value is -2.41. The first-order valence-corrected chi connectivity index (χ1v) is 8.08. The first-order valence-electron chi connectivity index (χ1n) is 7.70. The van der Waals surface area contributed by atoms with Crippen molar-refractivity contribution in [1.82, 2.24) is 10.2 Å². The van der Waals surface area contributed by atoms with Crippen molar-refractivity contribution in [1.29, 1.82) is 0 Å². The van der Waals surface area contributed by atoms with E-state index in [-0.39, 0.29) is 17.9 Å². The number of hydrogen-bond donors (Lipinski definition) is 1. The summed E-state index contributed by atoms with van der Waals surface area (Å²) in [6.45, 7) is 0.137. The van der Waals surface area contributed by atoms with Crippen LogP contribution >= 0.6 is 11.6 Å². The van der Waals surface area contributed by atoms with Gasteiger partial charge in [0.2, 0.25) is 0 Å². The molecule has 140 valence electrons. The number of carbonyl (C=O) groups is 1. The SMILES string of the molecule is COc1ccc([C@@H](NC(=O)N(C)Cc2ccccc2Cl)C(F)F)cc1F. The summed E-state index contributed by atoms with van der Waals surface area (Å²) in [5.74, 6) is -0.849. The van der Waals surface area contributed by atoms with Gasteiger partial charge in [-0.05, 0) is 29.3 Å². The third kappa shape index (κ3) is 4.82. The third-order valence-electron chi connectivity index (χ3n) is 3.78. The predicted molar refractivity (Wildman–Crippen MR) is 93.1 cm³/mol. The van der Waals surface area contributed by atoms with Crippen LogP contribution in [-0.2, 0) is 6.54 Å². The lowest BCUT2D eigenvalue weighted by atomic mass is 10.1. The van der Waals surface area contributed by atoms with Crippen molar-refractivity contribution >= 4 is 17.6 Å². The van der Waals surface area contributed by atoms with Crippen LogP contribution in [0.5, 0.6) is 5.75 Å². The molecule has 2 aromatic carbocycles. The van der Waals surface area contributed by atoms with Gasteiger partial charge in [-0.25, -0.2) is 18.0 Å². The summed E-state index contributed by atoms with van der Waals surface area (Å²) in [6, 6.07) is 7.96. The third-order valence-corrected chi connectivity index (χ3v) is 4.15. The van der Waals surface area contributed by atoms with Crippen LogP contribution in [0.2, 0.25) is 5.02 Å². The summed E-state index contributed by atoms with van der Waals surface area (Å²) in [7, 11) is 2.73. The van der Waals surface area contributed by atoms with Crippen LogP contribution in [0.25, 0.3) is 0 Å². The molecule has 0 heterocycles. The molecule has 4 nitrogen and oxygen atoms in total. The minimum atomic E-state index is -2.92. The van der Waals surface area contributed by atoms with Gasteiger partial charge >= 0.3 is 6.03 Å². The van der Waals surface area contributed by atoms with Crippen LogP contribution in [-0.4, -0.2) is 31.5 Å².